The Morgan fingerprint density at radius 3 is 2.40 bits per heavy atom. The molecule has 2 aromatic heterocycles. The van der Waals surface area contributed by atoms with Gasteiger partial charge in [0.25, 0.3) is 5.56 Å². The number of carbonyl (C=O) groups excluding carboxylic acids is 1. The predicted octanol–water partition coefficient (Wildman–Crippen LogP) is 2.55. The maximum atomic E-state index is 13.2. The summed E-state index contributed by atoms with van der Waals surface area (Å²) in [6.45, 7) is 1.83. The molecule has 0 unspecified atom stereocenters. The smallest absolute Gasteiger partial charge is 0.325 e. The van der Waals surface area contributed by atoms with Crippen molar-refractivity contribution < 1.29 is 4.79 Å². The molecule has 0 atom stereocenters. The highest BCUT2D eigenvalue weighted by Gasteiger charge is 2.16. The van der Waals surface area contributed by atoms with Gasteiger partial charge in [0.2, 0.25) is 5.91 Å². The zero-order valence-electron chi connectivity index (χ0n) is 16.4. The average molecular weight is 400 g/mol. The fourth-order valence-corrected chi connectivity index (χ4v) is 3.28. The van der Waals surface area contributed by atoms with Crippen LogP contribution in [0.2, 0.25) is 0 Å². The van der Waals surface area contributed by atoms with Gasteiger partial charge in [-0.3, -0.25) is 18.7 Å². The van der Waals surface area contributed by atoms with Crippen molar-refractivity contribution in [2.45, 2.75) is 20.0 Å². The molecule has 7 nitrogen and oxygen atoms in total. The van der Waals surface area contributed by atoms with Crippen LogP contribution in [0.3, 0.4) is 0 Å². The number of hydrogen-bond donors (Lipinski definition) is 1. The van der Waals surface area contributed by atoms with Gasteiger partial charge in [-0.25, -0.2) is 9.78 Å². The third-order valence-corrected chi connectivity index (χ3v) is 4.81. The van der Waals surface area contributed by atoms with Gasteiger partial charge in [0.15, 0.2) is 5.52 Å². The van der Waals surface area contributed by atoms with E-state index in [1.807, 2.05) is 49.4 Å². The molecule has 2 aromatic carbocycles. The van der Waals surface area contributed by atoms with E-state index in [1.54, 1.807) is 24.3 Å². The topological polar surface area (TPSA) is 86.0 Å². The first kappa shape index (κ1) is 19.3. The molecular formula is C23H20N4O3. The number of benzene rings is 2. The Bertz CT molecular complexity index is 1320. The summed E-state index contributed by atoms with van der Waals surface area (Å²) in [6.07, 6.45) is 1.50. The lowest BCUT2D eigenvalue weighted by molar-refractivity contribution is -0.116. The standard InChI is InChI=1S/C23H20N4O3/c1-16-9-11-18(12-10-16)25-20(28)15-26-19-8-5-13-24-21(19)22(29)27(23(26)30)14-17-6-3-2-4-7-17/h2-13H,14-15H2,1H3,(H,25,28). The van der Waals surface area contributed by atoms with E-state index in [4.69, 9.17) is 0 Å². The molecule has 1 N–H and O–H groups in total. The van der Waals surface area contributed by atoms with Crippen molar-refractivity contribution in [1.29, 1.82) is 0 Å². The maximum Gasteiger partial charge on any atom is 0.332 e. The highest BCUT2D eigenvalue weighted by molar-refractivity contribution is 5.91. The Balaban J connectivity index is 1.74. The van der Waals surface area contributed by atoms with Gasteiger partial charge in [0.1, 0.15) is 6.54 Å². The fourth-order valence-electron chi connectivity index (χ4n) is 3.28. The van der Waals surface area contributed by atoms with Crippen molar-refractivity contribution in [1.82, 2.24) is 14.1 Å². The summed E-state index contributed by atoms with van der Waals surface area (Å²) in [7, 11) is 0. The van der Waals surface area contributed by atoms with Crippen molar-refractivity contribution in [3.8, 4) is 0 Å². The second-order valence-corrected chi connectivity index (χ2v) is 7.03. The number of aryl methyl sites for hydroxylation is 1. The van der Waals surface area contributed by atoms with E-state index >= 15 is 0 Å². The SMILES string of the molecule is Cc1ccc(NC(=O)Cn2c(=O)n(Cc3ccccc3)c(=O)c3ncccc32)cc1. The minimum absolute atomic E-state index is 0.102. The molecule has 0 aliphatic carbocycles. The predicted molar refractivity (Wildman–Crippen MR) is 116 cm³/mol. The van der Waals surface area contributed by atoms with Gasteiger partial charge in [-0.2, -0.15) is 0 Å². The Morgan fingerprint density at radius 1 is 0.933 bits per heavy atom. The third-order valence-electron chi connectivity index (χ3n) is 4.81. The van der Waals surface area contributed by atoms with Gasteiger partial charge < -0.3 is 5.32 Å². The van der Waals surface area contributed by atoms with Crippen LogP contribution in [0.25, 0.3) is 11.0 Å². The molecular weight excluding hydrogens is 380 g/mol. The summed E-state index contributed by atoms with van der Waals surface area (Å²) in [6, 6.07) is 19.8. The quantitative estimate of drug-likeness (QED) is 0.558. The largest absolute Gasteiger partial charge is 0.332 e. The Hall–Kier alpha value is -4.00. The van der Waals surface area contributed by atoms with Gasteiger partial charge in [-0.1, -0.05) is 48.0 Å². The number of pyridine rings is 1. The zero-order chi connectivity index (χ0) is 21.1. The molecule has 150 valence electrons. The first-order chi connectivity index (χ1) is 14.5. The first-order valence-corrected chi connectivity index (χ1v) is 9.52. The van der Waals surface area contributed by atoms with E-state index in [0.29, 0.717) is 11.2 Å². The molecule has 7 heteroatoms. The van der Waals surface area contributed by atoms with Crippen molar-refractivity contribution >= 4 is 22.6 Å². The van der Waals surface area contributed by atoms with Crippen LogP contribution >= 0.6 is 0 Å². The molecule has 0 saturated carbocycles. The van der Waals surface area contributed by atoms with Crippen LogP contribution in [0.5, 0.6) is 0 Å². The van der Waals surface area contributed by atoms with Gasteiger partial charge in [0.05, 0.1) is 12.1 Å². The summed E-state index contributed by atoms with van der Waals surface area (Å²) in [4.78, 5) is 42.9. The van der Waals surface area contributed by atoms with Crippen molar-refractivity contribution in [3.63, 3.8) is 0 Å². The van der Waals surface area contributed by atoms with Crippen LogP contribution in [0, 0.1) is 6.92 Å². The second kappa shape index (κ2) is 8.16. The normalized spacial score (nSPS) is 10.8. The van der Waals surface area contributed by atoms with Crippen LogP contribution in [-0.4, -0.2) is 20.0 Å². The van der Waals surface area contributed by atoms with E-state index in [2.05, 4.69) is 10.3 Å². The summed E-state index contributed by atoms with van der Waals surface area (Å²) in [5, 5.41) is 2.79. The van der Waals surface area contributed by atoms with E-state index in [1.165, 1.54) is 10.8 Å². The van der Waals surface area contributed by atoms with E-state index in [0.717, 1.165) is 15.7 Å². The number of nitrogens with one attached hydrogen (secondary N) is 1. The minimum atomic E-state index is -0.552. The number of fused-ring (bicyclic) bond motifs is 1. The average Bonchev–Trinajstić information content (AvgIpc) is 2.76. The van der Waals surface area contributed by atoms with Gasteiger partial charge in [-0.05, 0) is 36.8 Å². The number of carbonyl (C=O) groups is 1. The number of amides is 1. The molecule has 0 aliphatic heterocycles. The second-order valence-electron chi connectivity index (χ2n) is 7.03. The lowest BCUT2D eigenvalue weighted by atomic mass is 10.2. The number of aromatic nitrogens is 3. The van der Waals surface area contributed by atoms with Crippen LogP contribution < -0.4 is 16.6 Å². The number of anilines is 1. The Kier molecular flexibility index (Phi) is 5.26. The third kappa shape index (κ3) is 3.91. The molecule has 1 amide bonds. The van der Waals surface area contributed by atoms with Crippen molar-refractivity contribution in [3.05, 3.63) is 105 Å². The molecule has 0 fully saturated rings. The highest BCUT2D eigenvalue weighted by atomic mass is 16.2. The molecule has 2 heterocycles. The Morgan fingerprint density at radius 2 is 1.67 bits per heavy atom. The van der Waals surface area contributed by atoms with Gasteiger partial charge >= 0.3 is 5.69 Å². The molecule has 0 bridgehead atoms. The monoisotopic (exact) mass is 400 g/mol. The molecule has 0 spiro atoms. The summed E-state index contributed by atoms with van der Waals surface area (Å²) in [5.41, 5.74) is 1.97. The molecule has 0 aliphatic rings. The van der Waals surface area contributed by atoms with Crippen molar-refractivity contribution in [2.75, 3.05) is 5.32 Å². The molecule has 0 radical (unpaired) electrons. The van der Waals surface area contributed by atoms with Crippen LogP contribution in [0.4, 0.5) is 5.69 Å². The van der Waals surface area contributed by atoms with E-state index in [-0.39, 0.29) is 24.5 Å². The molecule has 0 saturated heterocycles. The van der Waals surface area contributed by atoms with Gasteiger partial charge in [-0.15, -0.1) is 0 Å². The lowest BCUT2D eigenvalue weighted by Crippen LogP contribution is -2.42. The van der Waals surface area contributed by atoms with E-state index in [9.17, 15) is 14.4 Å². The molecule has 4 rings (SSSR count). The number of rotatable bonds is 5. The first-order valence-electron chi connectivity index (χ1n) is 9.52. The summed E-state index contributed by atoms with van der Waals surface area (Å²) in [5.74, 6) is -0.365. The van der Waals surface area contributed by atoms with E-state index < -0.39 is 11.2 Å². The minimum Gasteiger partial charge on any atom is -0.325 e. The van der Waals surface area contributed by atoms with Crippen LogP contribution in [0.1, 0.15) is 11.1 Å². The fraction of sp³-hybridized carbons (Fsp3) is 0.130. The van der Waals surface area contributed by atoms with Crippen LogP contribution in [-0.2, 0) is 17.9 Å². The Labute approximate surface area is 172 Å². The molecule has 30 heavy (non-hydrogen) atoms. The molecule has 4 aromatic rings. The van der Waals surface area contributed by atoms with Crippen LogP contribution in [0.15, 0.2) is 82.5 Å². The zero-order valence-corrected chi connectivity index (χ0v) is 16.4. The summed E-state index contributed by atoms with van der Waals surface area (Å²) < 4.78 is 2.40. The maximum absolute atomic E-state index is 13.2. The number of hydrogen-bond acceptors (Lipinski definition) is 4. The van der Waals surface area contributed by atoms with Gasteiger partial charge in [0, 0.05) is 11.9 Å². The lowest BCUT2D eigenvalue weighted by Gasteiger charge is -2.14. The summed E-state index contributed by atoms with van der Waals surface area (Å²) >= 11 is 0. The number of nitrogens with zero attached hydrogens (tertiary/aromatic N) is 3. The highest BCUT2D eigenvalue weighted by Crippen LogP contribution is 2.10. The van der Waals surface area contributed by atoms with Crippen molar-refractivity contribution in [2.24, 2.45) is 0 Å².